The Morgan fingerprint density at radius 3 is 2.32 bits per heavy atom. The van der Waals surface area contributed by atoms with Gasteiger partial charge in [-0.1, -0.05) is 31.4 Å². The lowest BCUT2D eigenvalue weighted by atomic mass is 9.71. The maximum atomic E-state index is 12.5. The predicted molar refractivity (Wildman–Crippen MR) is 120 cm³/mol. The molecule has 2 fully saturated rings. The van der Waals surface area contributed by atoms with Crippen LogP contribution in [0.4, 0.5) is 5.69 Å². The van der Waals surface area contributed by atoms with E-state index in [0.29, 0.717) is 19.0 Å². The minimum absolute atomic E-state index is 0. The van der Waals surface area contributed by atoms with Gasteiger partial charge < -0.3 is 15.8 Å². The van der Waals surface area contributed by atoms with Crippen molar-refractivity contribution in [3.63, 3.8) is 0 Å². The lowest BCUT2D eigenvalue weighted by Crippen LogP contribution is -2.38. The zero-order chi connectivity index (χ0) is 18.4. The van der Waals surface area contributed by atoms with E-state index in [1.54, 1.807) is 0 Å². The van der Waals surface area contributed by atoms with Crippen LogP contribution in [-0.2, 0) is 9.53 Å². The number of hydrogen-bond donors (Lipinski definition) is 2. The number of anilines is 1. The van der Waals surface area contributed by atoms with Gasteiger partial charge in [-0.15, -0.1) is 24.8 Å². The molecule has 1 aliphatic carbocycles. The van der Waals surface area contributed by atoms with Crippen LogP contribution in [-0.4, -0.2) is 43.7 Å². The van der Waals surface area contributed by atoms with Crippen LogP contribution < -0.4 is 11.1 Å². The van der Waals surface area contributed by atoms with Crippen molar-refractivity contribution in [3.8, 4) is 0 Å². The van der Waals surface area contributed by atoms with Gasteiger partial charge in [0.15, 0.2) is 0 Å². The smallest absolute Gasteiger partial charge is 0.224 e. The van der Waals surface area contributed by atoms with Gasteiger partial charge >= 0.3 is 0 Å². The second-order valence-corrected chi connectivity index (χ2v) is 7.94. The number of nitrogens with one attached hydrogen (secondary N) is 1. The van der Waals surface area contributed by atoms with E-state index < -0.39 is 0 Å². The molecule has 1 aliphatic heterocycles. The molecule has 5 nitrogen and oxygen atoms in total. The molecule has 1 aromatic carbocycles. The summed E-state index contributed by atoms with van der Waals surface area (Å²) in [5, 5.41) is 3.07. The maximum Gasteiger partial charge on any atom is 0.224 e. The van der Waals surface area contributed by atoms with E-state index >= 15 is 0 Å². The number of carbonyl (C=O) groups excluding carboxylic acids is 1. The Morgan fingerprint density at radius 1 is 1.14 bits per heavy atom. The highest BCUT2D eigenvalue weighted by Gasteiger charge is 2.33. The summed E-state index contributed by atoms with van der Waals surface area (Å²) in [6.07, 6.45) is 6.35. The van der Waals surface area contributed by atoms with Crippen LogP contribution in [0.15, 0.2) is 24.3 Å². The minimum atomic E-state index is 0. The van der Waals surface area contributed by atoms with Crippen molar-refractivity contribution in [1.29, 1.82) is 0 Å². The SMILES string of the molecule is CC(c1ccc(NC(=O)CC2(CN)CCCCC2)cc1)N1CCOCC1.Cl.Cl. The molecule has 1 saturated heterocycles. The summed E-state index contributed by atoms with van der Waals surface area (Å²) < 4.78 is 5.43. The number of amides is 1. The molecule has 28 heavy (non-hydrogen) atoms. The van der Waals surface area contributed by atoms with Crippen molar-refractivity contribution in [2.75, 3.05) is 38.2 Å². The molecule has 160 valence electrons. The molecule has 1 unspecified atom stereocenters. The second kappa shape index (κ2) is 12.0. The molecule has 3 rings (SSSR count). The second-order valence-electron chi connectivity index (χ2n) is 7.94. The fourth-order valence-electron chi connectivity index (χ4n) is 4.32. The van der Waals surface area contributed by atoms with Gasteiger partial charge in [0.2, 0.25) is 5.91 Å². The average molecular weight is 432 g/mol. The van der Waals surface area contributed by atoms with Gasteiger partial charge in [-0.05, 0) is 49.4 Å². The quantitative estimate of drug-likeness (QED) is 0.709. The first-order chi connectivity index (χ1) is 12.6. The Kier molecular flexibility index (Phi) is 10.8. The zero-order valence-electron chi connectivity index (χ0n) is 16.8. The maximum absolute atomic E-state index is 12.5. The number of ether oxygens (including phenoxy) is 1. The van der Waals surface area contributed by atoms with E-state index in [4.69, 9.17) is 10.5 Å². The first-order valence-electron chi connectivity index (χ1n) is 10.0. The highest BCUT2D eigenvalue weighted by atomic mass is 35.5. The molecule has 2 aliphatic rings. The van der Waals surface area contributed by atoms with Gasteiger partial charge in [0.25, 0.3) is 0 Å². The normalized spacial score (nSPS) is 20.4. The zero-order valence-corrected chi connectivity index (χ0v) is 18.5. The first-order valence-corrected chi connectivity index (χ1v) is 10.0. The summed E-state index contributed by atoms with van der Waals surface area (Å²) in [4.78, 5) is 15.0. The van der Waals surface area contributed by atoms with Gasteiger partial charge in [0.05, 0.1) is 13.2 Å². The van der Waals surface area contributed by atoms with Gasteiger partial charge in [-0.3, -0.25) is 9.69 Å². The number of halogens is 2. The molecular formula is C21H35Cl2N3O2. The van der Waals surface area contributed by atoms with Crippen LogP contribution >= 0.6 is 24.8 Å². The number of hydrogen-bond acceptors (Lipinski definition) is 4. The molecule has 1 amide bonds. The molecular weight excluding hydrogens is 397 g/mol. The van der Waals surface area contributed by atoms with Crippen molar-refractivity contribution in [1.82, 2.24) is 4.90 Å². The van der Waals surface area contributed by atoms with Crippen molar-refractivity contribution in [2.24, 2.45) is 11.1 Å². The fourth-order valence-corrected chi connectivity index (χ4v) is 4.32. The molecule has 0 bridgehead atoms. The average Bonchev–Trinajstić information content (AvgIpc) is 2.69. The summed E-state index contributed by atoms with van der Waals surface area (Å²) >= 11 is 0. The Morgan fingerprint density at radius 2 is 1.75 bits per heavy atom. The summed E-state index contributed by atoms with van der Waals surface area (Å²) in [7, 11) is 0. The predicted octanol–water partition coefficient (Wildman–Crippen LogP) is 4.16. The van der Waals surface area contributed by atoms with Crippen LogP contribution in [0.1, 0.15) is 57.1 Å². The lowest BCUT2D eigenvalue weighted by Gasteiger charge is -2.35. The lowest BCUT2D eigenvalue weighted by molar-refractivity contribution is -0.118. The molecule has 7 heteroatoms. The largest absolute Gasteiger partial charge is 0.379 e. The third kappa shape index (κ3) is 6.60. The standard InChI is InChI=1S/C21H33N3O2.2ClH/c1-17(24-11-13-26-14-12-24)18-5-7-19(8-6-18)23-20(25)15-21(16-22)9-3-2-4-10-21;;/h5-8,17H,2-4,9-16,22H2,1H3,(H,23,25);2*1H. The molecule has 1 atom stereocenters. The monoisotopic (exact) mass is 431 g/mol. The Labute approximate surface area is 181 Å². The molecule has 3 N–H and O–H groups in total. The molecule has 1 heterocycles. The van der Waals surface area contributed by atoms with Gasteiger partial charge in [-0.25, -0.2) is 0 Å². The van der Waals surface area contributed by atoms with Crippen molar-refractivity contribution in [2.45, 2.75) is 51.5 Å². The van der Waals surface area contributed by atoms with Crippen LogP contribution in [0.2, 0.25) is 0 Å². The molecule has 1 saturated carbocycles. The van der Waals surface area contributed by atoms with E-state index in [1.165, 1.54) is 24.8 Å². The highest BCUT2D eigenvalue weighted by molar-refractivity contribution is 5.91. The Bertz CT molecular complexity index is 586. The van der Waals surface area contributed by atoms with E-state index in [1.807, 2.05) is 12.1 Å². The van der Waals surface area contributed by atoms with Gasteiger partial charge in [0.1, 0.15) is 0 Å². The number of rotatable bonds is 6. The first kappa shape index (κ1) is 25.2. The third-order valence-electron chi connectivity index (χ3n) is 6.15. The Balaban J connectivity index is 0.00000196. The van der Waals surface area contributed by atoms with Crippen molar-refractivity contribution >= 4 is 36.4 Å². The number of nitrogens with zero attached hydrogens (tertiary/aromatic N) is 1. The van der Waals surface area contributed by atoms with Crippen LogP contribution in [0, 0.1) is 5.41 Å². The summed E-state index contributed by atoms with van der Waals surface area (Å²) in [5.74, 6) is 0.0892. The minimum Gasteiger partial charge on any atom is -0.379 e. The van der Waals surface area contributed by atoms with Crippen molar-refractivity contribution < 1.29 is 9.53 Å². The van der Waals surface area contributed by atoms with Crippen LogP contribution in [0.3, 0.4) is 0 Å². The Hall–Kier alpha value is -0.850. The number of nitrogens with two attached hydrogens (primary N) is 1. The van der Waals surface area contributed by atoms with Crippen molar-refractivity contribution in [3.05, 3.63) is 29.8 Å². The highest BCUT2D eigenvalue weighted by Crippen LogP contribution is 2.38. The molecule has 0 spiro atoms. The molecule has 0 aromatic heterocycles. The van der Waals surface area contributed by atoms with E-state index in [-0.39, 0.29) is 36.1 Å². The summed E-state index contributed by atoms with van der Waals surface area (Å²) in [5.41, 5.74) is 8.16. The van der Waals surface area contributed by atoms with Gasteiger partial charge in [0, 0.05) is 31.2 Å². The summed E-state index contributed by atoms with van der Waals surface area (Å²) in [6, 6.07) is 8.64. The number of carbonyl (C=O) groups is 1. The van der Waals surface area contributed by atoms with Crippen LogP contribution in [0.25, 0.3) is 0 Å². The third-order valence-corrected chi connectivity index (χ3v) is 6.15. The molecule has 1 aromatic rings. The molecule has 0 radical (unpaired) electrons. The topological polar surface area (TPSA) is 67.6 Å². The number of morpholine rings is 1. The van der Waals surface area contributed by atoms with Gasteiger partial charge in [-0.2, -0.15) is 0 Å². The van der Waals surface area contributed by atoms with E-state index in [2.05, 4.69) is 29.3 Å². The summed E-state index contributed by atoms with van der Waals surface area (Å²) in [6.45, 7) is 6.40. The van der Waals surface area contributed by atoms with E-state index in [0.717, 1.165) is 44.8 Å². The van der Waals surface area contributed by atoms with E-state index in [9.17, 15) is 4.79 Å². The van der Waals surface area contributed by atoms with Crippen LogP contribution in [0.5, 0.6) is 0 Å². The number of benzene rings is 1. The fraction of sp³-hybridized carbons (Fsp3) is 0.667.